The van der Waals surface area contributed by atoms with Gasteiger partial charge in [-0.1, -0.05) is 6.92 Å². The number of alkyl carbamates (subject to hydrolysis) is 1. The zero-order chi connectivity index (χ0) is 13.2. The van der Waals surface area contributed by atoms with E-state index in [4.69, 9.17) is 9.84 Å². The number of carboxylic acid groups (broad SMARTS) is 1. The monoisotopic (exact) mass is 243 g/mol. The fraction of sp³-hybridized carbons (Fsp3) is 0.833. The number of carbonyl (C=O) groups excluding carboxylic acids is 1. The molecule has 0 spiro atoms. The Hall–Kier alpha value is -1.26. The van der Waals surface area contributed by atoms with Crippen molar-refractivity contribution in [2.45, 2.75) is 52.2 Å². The molecule has 1 saturated carbocycles. The molecule has 0 saturated heterocycles. The molecule has 1 aliphatic rings. The molecule has 1 rings (SSSR count). The van der Waals surface area contributed by atoms with Crippen LogP contribution in [0.2, 0.25) is 0 Å². The summed E-state index contributed by atoms with van der Waals surface area (Å²) >= 11 is 0. The van der Waals surface area contributed by atoms with Crippen molar-refractivity contribution in [2.24, 2.45) is 11.8 Å². The lowest BCUT2D eigenvalue weighted by Gasteiger charge is -2.24. The summed E-state index contributed by atoms with van der Waals surface area (Å²) < 4.78 is 5.06. The average Bonchev–Trinajstić information content (AvgIpc) is 2.92. The van der Waals surface area contributed by atoms with Gasteiger partial charge in [-0.15, -0.1) is 0 Å². The van der Waals surface area contributed by atoms with Gasteiger partial charge in [0.1, 0.15) is 11.6 Å². The van der Waals surface area contributed by atoms with Gasteiger partial charge in [-0.25, -0.2) is 9.59 Å². The molecule has 17 heavy (non-hydrogen) atoms. The maximum atomic E-state index is 11.5. The molecule has 2 N–H and O–H groups in total. The summed E-state index contributed by atoms with van der Waals surface area (Å²) in [7, 11) is 0. The Morgan fingerprint density at radius 1 is 1.35 bits per heavy atom. The highest BCUT2D eigenvalue weighted by Gasteiger charge is 2.38. The Bertz CT molecular complexity index is 304. The maximum Gasteiger partial charge on any atom is 0.408 e. The minimum Gasteiger partial charge on any atom is -0.480 e. The standard InChI is InChI=1S/C12H21NO4/c1-7(8-5-6-8)9(10(14)15)13-11(16)17-12(2,3)4/h7-9H,5-6H2,1-4H3,(H,13,16)(H,14,15). The van der Waals surface area contributed by atoms with E-state index in [0.29, 0.717) is 5.92 Å². The average molecular weight is 243 g/mol. The van der Waals surface area contributed by atoms with Crippen LogP contribution in [0, 0.1) is 11.8 Å². The predicted octanol–water partition coefficient (Wildman–Crippen LogP) is 2.01. The van der Waals surface area contributed by atoms with E-state index in [2.05, 4.69) is 5.32 Å². The SMILES string of the molecule is CC(C1CC1)C(NC(=O)OC(C)(C)C)C(=O)O. The first-order valence-electron chi connectivity index (χ1n) is 5.93. The Kier molecular flexibility index (Phi) is 4.01. The van der Waals surface area contributed by atoms with E-state index in [9.17, 15) is 9.59 Å². The molecule has 0 heterocycles. The summed E-state index contributed by atoms with van der Waals surface area (Å²) in [5.41, 5.74) is -0.615. The minimum atomic E-state index is -1.00. The van der Waals surface area contributed by atoms with Crippen LogP contribution in [0.15, 0.2) is 0 Å². The van der Waals surface area contributed by atoms with Crippen LogP contribution in [-0.2, 0) is 9.53 Å². The van der Waals surface area contributed by atoms with Crippen molar-refractivity contribution in [3.63, 3.8) is 0 Å². The van der Waals surface area contributed by atoms with Crippen molar-refractivity contribution in [3.8, 4) is 0 Å². The van der Waals surface area contributed by atoms with E-state index in [0.717, 1.165) is 12.8 Å². The molecule has 5 nitrogen and oxygen atoms in total. The van der Waals surface area contributed by atoms with Crippen LogP contribution in [0.3, 0.4) is 0 Å². The highest BCUT2D eigenvalue weighted by atomic mass is 16.6. The number of nitrogens with one attached hydrogen (secondary N) is 1. The Labute approximate surface area is 102 Å². The van der Waals surface area contributed by atoms with Crippen molar-refractivity contribution in [2.75, 3.05) is 0 Å². The van der Waals surface area contributed by atoms with Crippen LogP contribution < -0.4 is 5.32 Å². The molecule has 2 atom stereocenters. The fourth-order valence-electron chi connectivity index (χ4n) is 1.75. The normalized spacial score (nSPS) is 19.3. The van der Waals surface area contributed by atoms with Crippen molar-refractivity contribution in [1.29, 1.82) is 0 Å². The molecule has 0 radical (unpaired) electrons. The van der Waals surface area contributed by atoms with Gasteiger partial charge in [-0.2, -0.15) is 0 Å². The van der Waals surface area contributed by atoms with E-state index in [1.165, 1.54) is 0 Å². The molecular formula is C12H21NO4. The van der Waals surface area contributed by atoms with Gasteiger partial charge < -0.3 is 15.2 Å². The van der Waals surface area contributed by atoms with Gasteiger partial charge in [-0.05, 0) is 45.4 Å². The zero-order valence-electron chi connectivity index (χ0n) is 10.8. The third kappa shape index (κ3) is 4.63. The molecule has 0 bridgehead atoms. The number of hydrogen-bond donors (Lipinski definition) is 2. The molecule has 1 fully saturated rings. The molecule has 5 heteroatoms. The minimum absolute atomic E-state index is 0.0555. The largest absolute Gasteiger partial charge is 0.480 e. The van der Waals surface area contributed by atoms with Gasteiger partial charge in [0.15, 0.2) is 0 Å². The predicted molar refractivity (Wildman–Crippen MR) is 62.7 cm³/mol. The number of carbonyl (C=O) groups is 2. The molecule has 1 aliphatic carbocycles. The van der Waals surface area contributed by atoms with Gasteiger partial charge in [-0.3, -0.25) is 0 Å². The number of amides is 1. The first-order valence-corrected chi connectivity index (χ1v) is 5.93. The highest BCUT2D eigenvalue weighted by molar-refractivity contribution is 5.80. The van der Waals surface area contributed by atoms with Crippen LogP contribution in [0.1, 0.15) is 40.5 Å². The van der Waals surface area contributed by atoms with Gasteiger partial charge in [0.05, 0.1) is 0 Å². The quantitative estimate of drug-likeness (QED) is 0.792. The van der Waals surface area contributed by atoms with Gasteiger partial charge >= 0.3 is 12.1 Å². The second-order valence-corrected chi connectivity index (χ2v) is 5.66. The summed E-state index contributed by atoms with van der Waals surface area (Å²) in [6, 6.07) is -0.864. The molecule has 0 aromatic rings. The number of hydrogen-bond acceptors (Lipinski definition) is 3. The summed E-state index contributed by atoms with van der Waals surface area (Å²) in [4.78, 5) is 22.6. The van der Waals surface area contributed by atoms with Crippen molar-refractivity contribution in [3.05, 3.63) is 0 Å². The highest BCUT2D eigenvalue weighted by Crippen LogP contribution is 2.38. The lowest BCUT2D eigenvalue weighted by molar-refractivity contribution is -0.141. The first kappa shape index (κ1) is 13.8. The number of ether oxygens (including phenoxy) is 1. The second kappa shape index (κ2) is 4.94. The molecule has 0 aliphatic heterocycles. The number of aliphatic carboxylic acids is 1. The molecule has 2 unspecified atom stereocenters. The van der Waals surface area contributed by atoms with Crippen LogP contribution in [0.25, 0.3) is 0 Å². The van der Waals surface area contributed by atoms with E-state index in [-0.39, 0.29) is 5.92 Å². The Morgan fingerprint density at radius 2 is 1.88 bits per heavy atom. The zero-order valence-corrected chi connectivity index (χ0v) is 10.8. The topological polar surface area (TPSA) is 75.6 Å². The fourth-order valence-corrected chi connectivity index (χ4v) is 1.75. The molecule has 0 aromatic carbocycles. The Balaban J connectivity index is 2.54. The lowest BCUT2D eigenvalue weighted by atomic mass is 9.97. The van der Waals surface area contributed by atoms with Crippen LogP contribution in [0.5, 0.6) is 0 Å². The number of carboxylic acids is 1. The summed E-state index contributed by atoms with van der Waals surface area (Å²) in [6.07, 6.45) is 1.42. The van der Waals surface area contributed by atoms with Crippen molar-refractivity contribution < 1.29 is 19.4 Å². The third-order valence-corrected chi connectivity index (χ3v) is 2.83. The van der Waals surface area contributed by atoms with Gasteiger partial charge in [0.2, 0.25) is 0 Å². The van der Waals surface area contributed by atoms with Gasteiger partial charge in [0, 0.05) is 0 Å². The second-order valence-electron chi connectivity index (χ2n) is 5.66. The Morgan fingerprint density at radius 3 is 2.24 bits per heavy atom. The van der Waals surface area contributed by atoms with Crippen LogP contribution in [-0.4, -0.2) is 28.8 Å². The van der Waals surface area contributed by atoms with E-state index < -0.39 is 23.7 Å². The molecule has 1 amide bonds. The summed E-state index contributed by atoms with van der Waals surface area (Å²) in [5, 5.41) is 11.5. The summed E-state index contributed by atoms with van der Waals surface area (Å²) in [6.45, 7) is 7.08. The first-order chi connectivity index (χ1) is 7.70. The number of rotatable bonds is 4. The smallest absolute Gasteiger partial charge is 0.408 e. The van der Waals surface area contributed by atoms with Crippen molar-refractivity contribution >= 4 is 12.1 Å². The summed E-state index contributed by atoms with van der Waals surface area (Å²) in [5.74, 6) is -0.652. The van der Waals surface area contributed by atoms with E-state index in [1.54, 1.807) is 20.8 Å². The molecule has 98 valence electrons. The van der Waals surface area contributed by atoms with Crippen LogP contribution in [0.4, 0.5) is 4.79 Å². The maximum absolute atomic E-state index is 11.5. The molecule has 0 aromatic heterocycles. The van der Waals surface area contributed by atoms with Gasteiger partial charge in [0.25, 0.3) is 0 Å². The lowest BCUT2D eigenvalue weighted by Crippen LogP contribution is -2.47. The molecular weight excluding hydrogens is 222 g/mol. The van der Waals surface area contributed by atoms with E-state index >= 15 is 0 Å². The van der Waals surface area contributed by atoms with Crippen LogP contribution >= 0.6 is 0 Å². The van der Waals surface area contributed by atoms with E-state index in [1.807, 2.05) is 6.92 Å². The third-order valence-electron chi connectivity index (χ3n) is 2.83. The van der Waals surface area contributed by atoms with Crippen molar-refractivity contribution in [1.82, 2.24) is 5.32 Å².